The number of rotatable bonds is 4. The Morgan fingerprint density at radius 1 is 1.21 bits per heavy atom. The van der Waals surface area contributed by atoms with Gasteiger partial charge >= 0.3 is 12.0 Å². The van der Waals surface area contributed by atoms with Crippen molar-refractivity contribution in [1.82, 2.24) is 4.98 Å². The van der Waals surface area contributed by atoms with Gasteiger partial charge in [0.15, 0.2) is 5.13 Å². The first-order valence-electron chi connectivity index (χ1n) is 5.43. The number of carbonyl (C=O) groups excluding carboxylic acids is 1. The largest absolute Gasteiger partial charge is 0.481 e. The molecule has 0 atom stereocenters. The summed E-state index contributed by atoms with van der Waals surface area (Å²) in [4.78, 5) is 26.1. The van der Waals surface area contributed by atoms with Crippen molar-refractivity contribution in [2.24, 2.45) is 0 Å². The normalized spacial score (nSPS) is 9.89. The van der Waals surface area contributed by atoms with Gasteiger partial charge in [-0.05, 0) is 12.1 Å². The number of hydrogen-bond acceptors (Lipinski definition) is 4. The van der Waals surface area contributed by atoms with Gasteiger partial charge in [-0.15, -0.1) is 11.3 Å². The number of aliphatic carboxylic acids is 1. The fourth-order valence-electron chi connectivity index (χ4n) is 1.38. The summed E-state index contributed by atoms with van der Waals surface area (Å²) in [5.74, 6) is -0.953. The molecule has 1 heterocycles. The number of aromatic nitrogens is 1. The molecule has 2 rings (SSSR count). The van der Waals surface area contributed by atoms with Gasteiger partial charge in [-0.25, -0.2) is 9.78 Å². The second-order valence-corrected chi connectivity index (χ2v) is 4.52. The Bertz CT molecular complexity index is 583. The second kappa shape index (κ2) is 5.96. The number of carbonyl (C=O) groups is 2. The minimum Gasteiger partial charge on any atom is -0.481 e. The maximum Gasteiger partial charge on any atom is 0.325 e. The molecule has 1 aromatic carbocycles. The standard InChI is InChI=1S/C12H11N3O3S/c16-10(17)6-9-7-19-12(14-9)15-11(18)13-8-4-2-1-3-5-8/h1-5,7H,6H2,(H,16,17)(H2,13,14,15,18). The first kappa shape index (κ1) is 13.0. The molecule has 2 aromatic rings. The molecule has 0 saturated carbocycles. The SMILES string of the molecule is O=C(O)Cc1csc(NC(=O)Nc2ccccc2)n1. The molecule has 19 heavy (non-hydrogen) atoms. The number of hydrogen-bond donors (Lipinski definition) is 3. The number of carboxylic acids is 1. The Morgan fingerprint density at radius 3 is 2.63 bits per heavy atom. The molecule has 0 fully saturated rings. The topological polar surface area (TPSA) is 91.3 Å². The first-order chi connectivity index (χ1) is 9.13. The van der Waals surface area contributed by atoms with Gasteiger partial charge in [-0.3, -0.25) is 10.1 Å². The van der Waals surface area contributed by atoms with Crippen LogP contribution in [0.25, 0.3) is 0 Å². The molecule has 0 unspecified atom stereocenters. The zero-order chi connectivity index (χ0) is 13.7. The first-order valence-corrected chi connectivity index (χ1v) is 6.31. The van der Waals surface area contributed by atoms with Crippen LogP contribution < -0.4 is 10.6 Å². The molecule has 2 amide bonds. The molecule has 0 aliphatic carbocycles. The Balaban J connectivity index is 1.92. The number of thiazole rings is 1. The predicted molar refractivity (Wildman–Crippen MR) is 72.5 cm³/mol. The maximum absolute atomic E-state index is 11.6. The molecule has 7 heteroatoms. The van der Waals surface area contributed by atoms with Crippen molar-refractivity contribution in [2.75, 3.05) is 10.6 Å². The molecule has 0 radical (unpaired) electrons. The zero-order valence-corrected chi connectivity index (χ0v) is 10.6. The zero-order valence-electron chi connectivity index (χ0n) is 9.79. The molecule has 3 N–H and O–H groups in total. The molecular weight excluding hydrogens is 266 g/mol. The van der Waals surface area contributed by atoms with Gasteiger partial charge in [0.2, 0.25) is 0 Å². The van der Waals surface area contributed by atoms with Crippen LogP contribution >= 0.6 is 11.3 Å². The van der Waals surface area contributed by atoms with E-state index < -0.39 is 12.0 Å². The number of nitrogens with zero attached hydrogens (tertiary/aromatic N) is 1. The molecule has 0 spiro atoms. The van der Waals surface area contributed by atoms with Gasteiger partial charge < -0.3 is 10.4 Å². The van der Waals surface area contributed by atoms with Crippen LogP contribution in [0.3, 0.4) is 0 Å². The van der Waals surface area contributed by atoms with Gasteiger partial charge in [0.1, 0.15) is 0 Å². The number of benzene rings is 1. The number of para-hydroxylation sites is 1. The summed E-state index contributed by atoms with van der Waals surface area (Å²) >= 11 is 1.18. The number of amides is 2. The summed E-state index contributed by atoms with van der Waals surface area (Å²) in [5, 5.41) is 15.8. The Morgan fingerprint density at radius 2 is 1.95 bits per heavy atom. The van der Waals surface area contributed by atoms with Crippen LogP contribution in [-0.2, 0) is 11.2 Å². The lowest BCUT2D eigenvalue weighted by Crippen LogP contribution is -2.19. The molecule has 98 valence electrons. The summed E-state index contributed by atoms with van der Waals surface area (Å²) in [7, 11) is 0. The summed E-state index contributed by atoms with van der Waals surface area (Å²) < 4.78 is 0. The smallest absolute Gasteiger partial charge is 0.325 e. The van der Waals surface area contributed by atoms with Crippen molar-refractivity contribution in [2.45, 2.75) is 6.42 Å². The highest BCUT2D eigenvalue weighted by atomic mass is 32.1. The van der Waals surface area contributed by atoms with Crippen LogP contribution in [0.15, 0.2) is 35.7 Å². The van der Waals surface area contributed by atoms with Crippen LogP contribution in [0.1, 0.15) is 5.69 Å². The van der Waals surface area contributed by atoms with E-state index in [0.29, 0.717) is 16.5 Å². The summed E-state index contributed by atoms with van der Waals surface area (Å²) in [6.45, 7) is 0. The lowest BCUT2D eigenvalue weighted by molar-refractivity contribution is -0.136. The van der Waals surface area contributed by atoms with E-state index in [4.69, 9.17) is 5.11 Å². The third-order valence-corrected chi connectivity index (χ3v) is 2.94. The van der Waals surface area contributed by atoms with Crippen LogP contribution in [0, 0.1) is 0 Å². The van der Waals surface area contributed by atoms with Gasteiger partial charge in [0.25, 0.3) is 0 Å². The molecular formula is C12H11N3O3S. The summed E-state index contributed by atoms with van der Waals surface area (Å²) in [6, 6.07) is 8.58. The van der Waals surface area contributed by atoms with E-state index in [0.717, 1.165) is 0 Å². The second-order valence-electron chi connectivity index (χ2n) is 3.66. The highest BCUT2D eigenvalue weighted by Crippen LogP contribution is 2.16. The van der Waals surface area contributed by atoms with Crippen molar-refractivity contribution in [3.05, 3.63) is 41.4 Å². The lowest BCUT2D eigenvalue weighted by atomic mass is 10.3. The van der Waals surface area contributed by atoms with Crippen molar-refractivity contribution in [3.8, 4) is 0 Å². The van der Waals surface area contributed by atoms with Crippen LogP contribution in [0.2, 0.25) is 0 Å². The van der Waals surface area contributed by atoms with Crippen LogP contribution in [0.4, 0.5) is 15.6 Å². The Hall–Kier alpha value is -2.41. The number of anilines is 2. The minimum atomic E-state index is -0.953. The minimum absolute atomic E-state index is 0.154. The van der Waals surface area contributed by atoms with E-state index in [1.165, 1.54) is 11.3 Å². The number of urea groups is 1. The number of carboxylic acid groups (broad SMARTS) is 1. The molecule has 0 bridgehead atoms. The average Bonchev–Trinajstić information content (AvgIpc) is 2.76. The molecule has 0 saturated heterocycles. The highest BCUT2D eigenvalue weighted by Gasteiger charge is 2.08. The van der Waals surface area contributed by atoms with Crippen molar-refractivity contribution in [1.29, 1.82) is 0 Å². The summed E-state index contributed by atoms with van der Waals surface area (Å²) in [5.41, 5.74) is 1.09. The Labute approximate surface area is 113 Å². The van der Waals surface area contributed by atoms with E-state index in [1.54, 1.807) is 17.5 Å². The van der Waals surface area contributed by atoms with Crippen LogP contribution in [-0.4, -0.2) is 22.1 Å². The molecule has 0 aliphatic heterocycles. The Kier molecular flexibility index (Phi) is 4.09. The van der Waals surface area contributed by atoms with E-state index in [1.807, 2.05) is 18.2 Å². The fourth-order valence-corrected chi connectivity index (χ4v) is 2.09. The van der Waals surface area contributed by atoms with Crippen molar-refractivity contribution in [3.63, 3.8) is 0 Å². The average molecular weight is 277 g/mol. The quantitative estimate of drug-likeness (QED) is 0.800. The van der Waals surface area contributed by atoms with E-state index in [-0.39, 0.29) is 6.42 Å². The van der Waals surface area contributed by atoms with Gasteiger partial charge in [-0.1, -0.05) is 18.2 Å². The number of nitrogens with one attached hydrogen (secondary N) is 2. The third kappa shape index (κ3) is 4.07. The molecule has 0 aliphatic rings. The molecule has 6 nitrogen and oxygen atoms in total. The van der Waals surface area contributed by atoms with Crippen molar-refractivity contribution < 1.29 is 14.7 Å². The van der Waals surface area contributed by atoms with Crippen molar-refractivity contribution >= 4 is 34.2 Å². The molecule has 1 aromatic heterocycles. The van der Waals surface area contributed by atoms with E-state index in [2.05, 4.69) is 15.6 Å². The third-order valence-electron chi connectivity index (χ3n) is 2.14. The van der Waals surface area contributed by atoms with Gasteiger partial charge in [-0.2, -0.15) is 0 Å². The van der Waals surface area contributed by atoms with Gasteiger partial charge in [0, 0.05) is 11.1 Å². The van der Waals surface area contributed by atoms with Gasteiger partial charge in [0.05, 0.1) is 12.1 Å². The van der Waals surface area contributed by atoms with E-state index in [9.17, 15) is 9.59 Å². The monoisotopic (exact) mass is 277 g/mol. The van der Waals surface area contributed by atoms with Crippen LogP contribution in [0.5, 0.6) is 0 Å². The van der Waals surface area contributed by atoms with E-state index >= 15 is 0 Å². The predicted octanol–water partition coefficient (Wildman–Crippen LogP) is 2.41. The lowest BCUT2D eigenvalue weighted by Gasteiger charge is -2.04. The fraction of sp³-hybridized carbons (Fsp3) is 0.0833. The summed E-state index contributed by atoms with van der Waals surface area (Å²) in [6.07, 6.45) is -0.154. The highest BCUT2D eigenvalue weighted by molar-refractivity contribution is 7.13. The maximum atomic E-state index is 11.6.